The van der Waals surface area contributed by atoms with Crippen molar-refractivity contribution >= 4 is 5.97 Å². The molecule has 0 N–H and O–H groups in total. The zero-order valence-corrected chi connectivity index (χ0v) is 14.4. The van der Waals surface area contributed by atoms with E-state index in [0.717, 1.165) is 6.42 Å². The summed E-state index contributed by atoms with van der Waals surface area (Å²) in [6.45, 7) is 12.1. The molecule has 2 aliphatic carbocycles. The van der Waals surface area contributed by atoms with Gasteiger partial charge in [0.05, 0.1) is 6.07 Å². The molecule has 0 aromatic heterocycles. The van der Waals surface area contributed by atoms with Gasteiger partial charge in [-0.1, -0.05) is 33.4 Å². The highest BCUT2D eigenvalue weighted by Crippen LogP contribution is 2.65. The second kappa shape index (κ2) is 5.12. The van der Waals surface area contributed by atoms with Gasteiger partial charge in [-0.25, -0.2) is 4.79 Å². The third-order valence-corrected chi connectivity index (χ3v) is 5.51. The topological polar surface area (TPSA) is 59.3 Å². The minimum absolute atomic E-state index is 0.0314. The van der Waals surface area contributed by atoms with Crippen LogP contribution in [0.1, 0.15) is 47.0 Å². The van der Waals surface area contributed by atoms with E-state index in [-0.39, 0.29) is 35.4 Å². The highest BCUT2D eigenvalue weighted by molar-refractivity contribution is 5.88. The first-order chi connectivity index (χ1) is 10.7. The molecule has 0 spiro atoms. The van der Waals surface area contributed by atoms with Crippen LogP contribution in [0.3, 0.4) is 0 Å². The smallest absolute Gasteiger partial charge is 0.334 e. The Morgan fingerprint density at radius 3 is 2.83 bits per heavy atom. The molecule has 1 heterocycles. The van der Waals surface area contributed by atoms with Crippen LogP contribution in [0, 0.1) is 34.0 Å². The molecule has 5 unspecified atom stereocenters. The molecule has 3 aliphatic rings. The van der Waals surface area contributed by atoms with Crippen molar-refractivity contribution in [2.75, 3.05) is 0 Å². The lowest BCUT2D eigenvalue weighted by atomic mass is 9.73. The average Bonchev–Trinajstić information content (AvgIpc) is 3.05. The summed E-state index contributed by atoms with van der Waals surface area (Å²) in [6, 6.07) is 2.41. The molecule has 2 saturated carbocycles. The summed E-state index contributed by atoms with van der Waals surface area (Å²) in [7, 11) is 0. The number of ether oxygens (including phenoxy) is 2. The van der Waals surface area contributed by atoms with Crippen molar-refractivity contribution in [3.8, 4) is 6.07 Å². The Morgan fingerprint density at radius 2 is 2.26 bits per heavy atom. The summed E-state index contributed by atoms with van der Waals surface area (Å²) < 4.78 is 11.7. The summed E-state index contributed by atoms with van der Waals surface area (Å²) in [6.07, 6.45) is 3.67. The molecule has 2 bridgehead atoms. The average molecular weight is 315 g/mol. The first kappa shape index (κ1) is 16.1. The van der Waals surface area contributed by atoms with E-state index in [1.807, 2.05) is 13.0 Å². The summed E-state index contributed by atoms with van der Waals surface area (Å²) in [5, 5.41) is 9.55. The van der Waals surface area contributed by atoms with Crippen molar-refractivity contribution in [1.29, 1.82) is 5.26 Å². The summed E-state index contributed by atoms with van der Waals surface area (Å²) in [5.41, 5.74) is 0.195. The van der Waals surface area contributed by atoms with Gasteiger partial charge in [-0.2, -0.15) is 5.26 Å². The Morgan fingerprint density at radius 1 is 1.57 bits per heavy atom. The third-order valence-electron chi connectivity index (χ3n) is 5.51. The van der Waals surface area contributed by atoms with Gasteiger partial charge >= 0.3 is 5.97 Å². The van der Waals surface area contributed by atoms with Crippen molar-refractivity contribution in [3.63, 3.8) is 0 Å². The Kier molecular flexibility index (Phi) is 3.59. The van der Waals surface area contributed by atoms with Crippen LogP contribution in [0.4, 0.5) is 0 Å². The molecule has 0 aromatic carbocycles. The van der Waals surface area contributed by atoms with Crippen molar-refractivity contribution in [2.45, 2.75) is 59.2 Å². The number of nitrogens with zero attached hydrogens (tertiary/aromatic N) is 1. The largest absolute Gasteiger partial charge is 0.489 e. The van der Waals surface area contributed by atoms with Gasteiger partial charge in [-0.05, 0) is 31.6 Å². The predicted molar refractivity (Wildman–Crippen MR) is 86.0 cm³/mol. The number of nitriles is 1. The van der Waals surface area contributed by atoms with Gasteiger partial charge in [0, 0.05) is 17.4 Å². The minimum Gasteiger partial charge on any atom is -0.489 e. The SMILES string of the molecule is C=C1OC2C(OC(=O)/C(=C/C)CC(C)(C)C)C3CC2C1(C#N)C3. The molecular formula is C19H25NO3. The van der Waals surface area contributed by atoms with Crippen LogP contribution < -0.4 is 0 Å². The molecule has 0 amide bonds. The Balaban J connectivity index is 1.73. The molecule has 4 heteroatoms. The van der Waals surface area contributed by atoms with Crippen LogP contribution in [0.25, 0.3) is 0 Å². The highest BCUT2D eigenvalue weighted by Gasteiger charge is 2.69. The van der Waals surface area contributed by atoms with Crippen LogP contribution in [0.5, 0.6) is 0 Å². The standard InChI is InChI=1S/C19H25NO3/c1-6-12(8-18(3,4)5)17(21)23-15-13-7-14-16(15)22-11(2)19(14,9-13)10-20/h6,13-16H,2,7-9H2,1,3-5H3/b12-6+. The molecule has 1 aliphatic heterocycles. The van der Waals surface area contributed by atoms with E-state index in [1.54, 1.807) is 0 Å². The van der Waals surface area contributed by atoms with E-state index >= 15 is 0 Å². The number of fused-ring (bicyclic) bond motifs is 1. The molecule has 3 fully saturated rings. The number of hydrogen-bond acceptors (Lipinski definition) is 4. The molecule has 3 rings (SSSR count). The lowest BCUT2D eigenvalue weighted by Crippen LogP contribution is -2.39. The molecule has 4 nitrogen and oxygen atoms in total. The normalized spacial score (nSPS) is 38.4. The number of hydrogen-bond donors (Lipinski definition) is 0. The van der Waals surface area contributed by atoms with Crippen LogP contribution in [0.2, 0.25) is 0 Å². The number of carbonyl (C=O) groups excluding carboxylic acids is 1. The number of esters is 1. The van der Waals surface area contributed by atoms with Gasteiger partial charge < -0.3 is 9.47 Å². The summed E-state index contributed by atoms with van der Waals surface area (Å²) in [4.78, 5) is 12.6. The lowest BCUT2D eigenvalue weighted by Gasteiger charge is -2.29. The van der Waals surface area contributed by atoms with Crippen molar-refractivity contribution in [1.82, 2.24) is 0 Å². The van der Waals surface area contributed by atoms with Crippen LogP contribution in [-0.4, -0.2) is 18.2 Å². The van der Waals surface area contributed by atoms with Gasteiger partial charge in [0.1, 0.15) is 23.4 Å². The minimum atomic E-state index is -0.549. The molecule has 1 saturated heterocycles. The molecule has 0 aromatic rings. The van der Waals surface area contributed by atoms with E-state index in [2.05, 4.69) is 33.4 Å². The third kappa shape index (κ3) is 2.38. The Hall–Kier alpha value is -1.76. The van der Waals surface area contributed by atoms with E-state index in [4.69, 9.17) is 9.47 Å². The molecule has 124 valence electrons. The first-order valence-electron chi connectivity index (χ1n) is 8.35. The monoisotopic (exact) mass is 315 g/mol. The number of allylic oxidation sites excluding steroid dienone is 2. The van der Waals surface area contributed by atoms with E-state index in [9.17, 15) is 10.1 Å². The zero-order chi connectivity index (χ0) is 17.0. The lowest BCUT2D eigenvalue weighted by molar-refractivity contribution is -0.152. The van der Waals surface area contributed by atoms with E-state index < -0.39 is 5.41 Å². The summed E-state index contributed by atoms with van der Waals surface area (Å²) in [5.74, 6) is 0.653. The second-order valence-electron chi connectivity index (χ2n) is 8.32. The van der Waals surface area contributed by atoms with Crippen LogP contribution >= 0.6 is 0 Å². The van der Waals surface area contributed by atoms with Crippen LogP contribution in [0.15, 0.2) is 24.0 Å². The second-order valence-corrected chi connectivity index (χ2v) is 8.32. The van der Waals surface area contributed by atoms with Gasteiger partial charge in [0.25, 0.3) is 0 Å². The quantitative estimate of drug-likeness (QED) is 0.588. The number of carbonyl (C=O) groups is 1. The maximum absolute atomic E-state index is 12.6. The predicted octanol–water partition coefficient (Wildman–Crippen LogP) is 3.74. The molecule has 0 radical (unpaired) electrons. The maximum atomic E-state index is 12.6. The van der Waals surface area contributed by atoms with Crippen molar-refractivity contribution in [2.24, 2.45) is 22.7 Å². The fourth-order valence-electron chi connectivity index (χ4n) is 4.49. The van der Waals surface area contributed by atoms with Crippen molar-refractivity contribution < 1.29 is 14.3 Å². The molecular weight excluding hydrogens is 290 g/mol. The zero-order valence-electron chi connectivity index (χ0n) is 14.4. The molecule has 23 heavy (non-hydrogen) atoms. The van der Waals surface area contributed by atoms with E-state index in [0.29, 0.717) is 24.2 Å². The highest BCUT2D eigenvalue weighted by atomic mass is 16.6. The summed E-state index contributed by atoms with van der Waals surface area (Å²) >= 11 is 0. The van der Waals surface area contributed by atoms with Gasteiger partial charge in [-0.3, -0.25) is 0 Å². The van der Waals surface area contributed by atoms with Crippen molar-refractivity contribution in [3.05, 3.63) is 24.0 Å². The fraction of sp³-hybridized carbons (Fsp3) is 0.684. The molecule has 5 atom stereocenters. The fourth-order valence-corrected chi connectivity index (χ4v) is 4.49. The van der Waals surface area contributed by atoms with Gasteiger partial charge in [-0.15, -0.1) is 0 Å². The van der Waals surface area contributed by atoms with Crippen LogP contribution in [-0.2, 0) is 14.3 Å². The number of rotatable bonds is 3. The Bertz CT molecular complexity index is 622. The Labute approximate surface area is 138 Å². The van der Waals surface area contributed by atoms with Gasteiger partial charge in [0.15, 0.2) is 0 Å². The van der Waals surface area contributed by atoms with E-state index in [1.165, 1.54) is 0 Å². The first-order valence-corrected chi connectivity index (χ1v) is 8.35. The van der Waals surface area contributed by atoms with Gasteiger partial charge in [0.2, 0.25) is 0 Å². The maximum Gasteiger partial charge on any atom is 0.334 e.